The Morgan fingerprint density at radius 2 is 1.96 bits per heavy atom. The van der Waals surface area contributed by atoms with Gasteiger partial charge in [-0.15, -0.1) is 10.2 Å². The van der Waals surface area contributed by atoms with Crippen LogP contribution in [0.1, 0.15) is 62.9 Å². The van der Waals surface area contributed by atoms with Crippen molar-refractivity contribution in [2.24, 2.45) is 13.0 Å². The molecule has 5 nitrogen and oxygen atoms in total. The smallest absolute Gasteiger partial charge is 0.230 e. The van der Waals surface area contributed by atoms with E-state index in [9.17, 15) is 4.79 Å². The van der Waals surface area contributed by atoms with Gasteiger partial charge in [-0.1, -0.05) is 74.2 Å². The predicted molar refractivity (Wildman–Crippen MR) is 110 cm³/mol. The molecule has 2 aromatic rings. The van der Waals surface area contributed by atoms with Gasteiger partial charge in [0.2, 0.25) is 5.91 Å². The van der Waals surface area contributed by atoms with Gasteiger partial charge >= 0.3 is 0 Å². The number of thioether (sulfide) groups is 1. The molecule has 1 amide bonds. The second-order valence-corrected chi connectivity index (χ2v) is 8.43. The lowest BCUT2D eigenvalue weighted by Gasteiger charge is -2.20. The van der Waals surface area contributed by atoms with E-state index < -0.39 is 0 Å². The number of aryl methyl sites for hydroxylation is 1. The molecular formula is C21H30N4OS. The number of nitrogens with one attached hydrogen (secondary N) is 1. The molecule has 1 saturated carbocycles. The Bertz CT molecular complexity index is 725. The molecule has 0 saturated heterocycles. The number of hydrogen-bond donors (Lipinski definition) is 1. The van der Waals surface area contributed by atoms with Crippen molar-refractivity contribution >= 4 is 17.7 Å². The van der Waals surface area contributed by atoms with Crippen LogP contribution in [0.25, 0.3) is 0 Å². The van der Waals surface area contributed by atoms with Crippen LogP contribution in [-0.2, 0) is 18.3 Å². The predicted octanol–water partition coefficient (Wildman–Crippen LogP) is 4.30. The normalized spacial score (nSPS) is 16.2. The topological polar surface area (TPSA) is 59.8 Å². The second kappa shape index (κ2) is 9.93. The van der Waals surface area contributed by atoms with Gasteiger partial charge in [-0.05, 0) is 24.8 Å². The Balaban J connectivity index is 1.45. The molecule has 1 atom stereocenters. The third-order valence-corrected chi connectivity index (χ3v) is 6.46. The van der Waals surface area contributed by atoms with Crippen LogP contribution in [0.2, 0.25) is 0 Å². The summed E-state index contributed by atoms with van der Waals surface area (Å²) in [4.78, 5) is 12.3. The lowest BCUT2D eigenvalue weighted by molar-refractivity contribution is -0.119. The molecule has 1 unspecified atom stereocenters. The first-order valence-electron chi connectivity index (χ1n) is 9.99. The van der Waals surface area contributed by atoms with Crippen molar-refractivity contribution in [2.75, 3.05) is 5.75 Å². The highest BCUT2D eigenvalue weighted by Crippen LogP contribution is 2.27. The summed E-state index contributed by atoms with van der Waals surface area (Å²) < 4.78 is 2.04. The minimum atomic E-state index is 0.00449. The highest BCUT2D eigenvalue weighted by molar-refractivity contribution is 7.99. The molecule has 27 heavy (non-hydrogen) atoms. The van der Waals surface area contributed by atoms with Crippen LogP contribution in [0.4, 0.5) is 0 Å². The number of nitrogens with zero attached hydrogens (tertiary/aromatic N) is 3. The summed E-state index contributed by atoms with van der Waals surface area (Å²) in [7, 11) is 2.00. The first kappa shape index (κ1) is 19.9. The van der Waals surface area contributed by atoms with E-state index in [-0.39, 0.29) is 11.9 Å². The van der Waals surface area contributed by atoms with E-state index in [1.54, 1.807) is 0 Å². The molecule has 0 radical (unpaired) electrons. The molecule has 1 aromatic carbocycles. The zero-order valence-electron chi connectivity index (χ0n) is 16.4. The highest BCUT2D eigenvalue weighted by Gasteiger charge is 2.17. The van der Waals surface area contributed by atoms with Crippen molar-refractivity contribution in [3.05, 3.63) is 41.7 Å². The minimum Gasteiger partial charge on any atom is -0.349 e. The number of hydrogen-bond acceptors (Lipinski definition) is 4. The largest absolute Gasteiger partial charge is 0.349 e. The average Bonchev–Trinajstić information content (AvgIpc) is 3.06. The van der Waals surface area contributed by atoms with Crippen LogP contribution in [-0.4, -0.2) is 26.4 Å². The lowest BCUT2D eigenvalue weighted by Crippen LogP contribution is -2.28. The summed E-state index contributed by atoms with van der Waals surface area (Å²) >= 11 is 1.45. The van der Waals surface area contributed by atoms with E-state index in [0.29, 0.717) is 5.75 Å². The van der Waals surface area contributed by atoms with Crippen LogP contribution >= 0.6 is 11.8 Å². The molecular weight excluding hydrogens is 356 g/mol. The van der Waals surface area contributed by atoms with Crippen LogP contribution < -0.4 is 5.32 Å². The molecule has 6 heteroatoms. The maximum atomic E-state index is 12.3. The first-order chi connectivity index (χ1) is 13.1. The number of aromatic nitrogens is 3. The number of benzene rings is 1. The van der Waals surface area contributed by atoms with E-state index in [2.05, 4.69) is 15.5 Å². The number of amides is 1. The van der Waals surface area contributed by atoms with Gasteiger partial charge in [-0.3, -0.25) is 4.79 Å². The number of carbonyl (C=O) groups excluding carboxylic acids is 1. The van der Waals surface area contributed by atoms with Crippen molar-refractivity contribution < 1.29 is 4.79 Å². The quantitative estimate of drug-likeness (QED) is 0.687. The lowest BCUT2D eigenvalue weighted by atomic mass is 9.86. The Labute approximate surface area is 166 Å². The van der Waals surface area contributed by atoms with Gasteiger partial charge in [0.05, 0.1) is 11.8 Å². The fourth-order valence-corrected chi connectivity index (χ4v) is 4.48. The van der Waals surface area contributed by atoms with Crippen molar-refractivity contribution in [3.63, 3.8) is 0 Å². The molecule has 1 aromatic heterocycles. The van der Waals surface area contributed by atoms with Gasteiger partial charge in [-0.25, -0.2) is 0 Å². The van der Waals surface area contributed by atoms with E-state index in [0.717, 1.165) is 28.9 Å². The van der Waals surface area contributed by atoms with Gasteiger partial charge in [0.15, 0.2) is 5.16 Å². The van der Waals surface area contributed by atoms with Crippen molar-refractivity contribution in [2.45, 2.75) is 63.1 Å². The van der Waals surface area contributed by atoms with E-state index in [1.807, 2.05) is 48.9 Å². The third-order valence-electron chi connectivity index (χ3n) is 5.44. The highest BCUT2D eigenvalue weighted by atomic mass is 32.2. The Morgan fingerprint density at radius 1 is 1.22 bits per heavy atom. The molecule has 1 N–H and O–H groups in total. The second-order valence-electron chi connectivity index (χ2n) is 7.49. The third kappa shape index (κ3) is 5.83. The minimum absolute atomic E-state index is 0.00449. The summed E-state index contributed by atoms with van der Waals surface area (Å²) in [6, 6.07) is 10.0. The summed E-state index contributed by atoms with van der Waals surface area (Å²) in [6.07, 6.45) is 9.05. The van der Waals surface area contributed by atoms with Crippen molar-refractivity contribution in [1.29, 1.82) is 0 Å². The Hall–Kier alpha value is -1.82. The standard InChI is InChI=1S/C21H30N4OS/c1-16(18-11-7-4-8-12-18)22-20(26)15-27-21-24-23-19(25(21)2)14-13-17-9-5-3-6-10-17/h4,7-8,11-12,16-17H,3,5-6,9-10,13-15H2,1-2H3,(H,22,26). The molecule has 0 bridgehead atoms. The molecule has 1 fully saturated rings. The Kier molecular flexibility index (Phi) is 7.33. The molecule has 3 rings (SSSR count). The molecule has 1 aliphatic carbocycles. The first-order valence-corrected chi connectivity index (χ1v) is 11.0. The summed E-state index contributed by atoms with van der Waals surface area (Å²) in [5, 5.41) is 12.5. The van der Waals surface area contributed by atoms with E-state index >= 15 is 0 Å². The molecule has 0 aliphatic heterocycles. The summed E-state index contributed by atoms with van der Waals surface area (Å²) in [6.45, 7) is 2.00. The summed E-state index contributed by atoms with van der Waals surface area (Å²) in [5.74, 6) is 2.24. The fourth-order valence-electron chi connectivity index (χ4n) is 3.74. The monoisotopic (exact) mass is 386 g/mol. The number of carbonyl (C=O) groups is 1. The molecule has 146 valence electrons. The van der Waals surface area contributed by atoms with Crippen molar-refractivity contribution in [3.8, 4) is 0 Å². The van der Waals surface area contributed by atoms with Crippen LogP contribution in [0.3, 0.4) is 0 Å². The average molecular weight is 387 g/mol. The fraction of sp³-hybridized carbons (Fsp3) is 0.571. The van der Waals surface area contributed by atoms with Crippen LogP contribution in [0.5, 0.6) is 0 Å². The maximum absolute atomic E-state index is 12.3. The van der Waals surface area contributed by atoms with Crippen LogP contribution in [0.15, 0.2) is 35.5 Å². The van der Waals surface area contributed by atoms with Gasteiger partial charge in [-0.2, -0.15) is 0 Å². The summed E-state index contributed by atoms with van der Waals surface area (Å²) in [5.41, 5.74) is 1.11. The molecule has 1 aliphatic rings. The molecule has 1 heterocycles. The maximum Gasteiger partial charge on any atom is 0.230 e. The van der Waals surface area contributed by atoms with Gasteiger partial charge < -0.3 is 9.88 Å². The van der Waals surface area contributed by atoms with E-state index in [4.69, 9.17) is 0 Å². The zero-order valence-corrected chi connectivity index (χ0v) is 17.2. The van der Waals surface area contributed by atoms with Gasteiger partial charge in [0, 0.05) is 13.5 Å². The zero-order chi connectivity index (χ0) is 19.1. The number of rotatable bonds is 8. The van der Waals surface area contributed by atoms with Gasteiger partial charge in [0.25, 0.3) is 0 Å². The van der Waals surface area contributed by atoms with Crippen molar-refractivity contribution in [1.82, 2.24) is 20.1 Å². The van der Waals surface area contributed by atoms with E-state index in [1.165, 1.54) is 50.3 Å². The van der Waals surface area contributed by atoms with Crippen LogP contribution in [0, 0.1) is 5.92 Å². The SMILES string of the molecule is CC(NC(=O)CSc1nnc(CCC2CCCCC2)n1C)c1ccccc1. The molecule has 0 spiro atoms. The Morgan fingerprint density at radius 3 is 2.70 bits per heavy atom. The van der Waals surface area contributed by atoms with Gasteiger partial charge in [0.1, 0.15) is 5.82 Å².